The van der Waals surface area contributed by atoms with Crippen LogP contribution in [0, 0.1) is 5.82 Å². The Morgan fingerprint density at radius 2 is 2.00 bits per heavy atom. The van der Waals surface area contributed by atoms with E-state index < -0.39 is 0 Å². The van der Waals surface area contributed by atoms with Crippen molar-refractivity contribution >= 4 is 5.65 Å². The fourth-order valence-corrected chi connectivity index (χ4v) is 2.02. The van der Waals surface area contributed by atoms with Crippen LogP contribution < -0.4 is 5.73 Å². The number of nitrogens with zero attached hydrogens (tertiary/aromatic N) is 2. The molecule has 2 aromatic heterocycles. The van der Waals surface area contributed by atoms with Crippen LogP contribution in [0.5, 0.6) is 0 Å². The Kier molecular flexibility index (Phi) is 2.57. The van der Waals surface area contributed by atoms with Gasteiger partial charge in [0.2, 0.25) is 0 Å². The fraction of sp³-hybridized carbons (Fsp3) is 0.0714. The molecule has 0 saturated heterocycles. The Morgan fingerprint density at radius 3 is 2.78 bits per heavy atom. The van der Waals surface area contributed by atoms with Gasteiger partial charge in [-0.15, -0.1) is 0 Å². The van der Waals surface area contributed by atoms with E-state index in [0.717, 1.165) is 22.6 Å². The van der Waals surface area contributed by atoms with Crippen LogP contribution in [0.4, 0.5) is 4.39 Å². The van der Waals surface area contributed by atoms with E-state index in [1.165, 1.54) is 12.1 Å². The lowest BCUT2D eigenvalue weighted by Crippen LogP contribution is -2.02. The van der Waals surface area contributed by atoms with Crippen molar-refractivity contribution in [3.05, 3.63) is 60.2 Å². The summed E-state index contributed by atoms with van der Waals surface area (Å²) in [5, 5.41) is 0. The SMILES string of the molecule is NCc1cccc2nc(-c3cccc(F)c3)cn12. The summed E-state index contributed by atoms with van der Waals surface area (Å²) in [6.07, 6.45) is 1.88. The maximum Gasteiger partial charge on any atom is 0.137 e. The van der Waals surface area contributed by atoms with Gasteiger partial charge < -0.3 is 10.1 Å². The predicted octanol–water partition coefficient (Wildman–Crippen LogP) is 2.60. The number of imidazole rings is 1. The van der Waals surface area contributed by atoms with Gasteiger partial charge in [-0.05, 0) is 24.3 Å². The molecule has 2 N–H and O–H groups in total. The van der Waals surface area contributed by atoms with E-state index in [9.17, 15) is 4.39 Å². The molecule has 2 heterocycles. The van der Waals surface area contributed by atoms with Crippen molar-refractivity contribution in [3.63, 3.8) is 0 Å². The molecular weight excluding hydrogens is 229 g/mol. The van der Waals surface area contributed by atoms with E-state index in [4.69, 9.17) is 5.73 Å². The number of hydrogen-bond donors (Lipinski definition) is 1. The fourth-order valence-electron chi connectivity index (χ4n) is 2.02. The minimum atomic E-state index is -0.261. The summed E-state index contributed by atoms with van der Waals surface area (Å²) in [6.45, 7) is 0.441. The smallest absolute Gasteiger partial charge is 0.137 e. The summed E-state index contributed by atoms with van der Waals surface area (Å²) in [5.74, 6) is -0.261. The van der Waals surface area contributed by atoms with Crippen LogP contribution in [-0.2, 0) is 6.54 Å². The van der Waals surface area contributed by atoms with Crippen molar-refractivity contribution in [2.45, 2.75) is 6.54 Å². The van der Waals surface area contributed by atoms with Gasteiger partial charge in [-0.25, -0.2) is 9.37 Å². The van der Waals surface area contributed by atoms with E-state index >= 15 is 0 Å². The standard InChI is InChI=1S/C14H12FN3/c15-11-4-1-3-10(7-11)13-9-18-12(8-16)5-2-6-14(18)17-13/h1-7,9H,8,16H2. The summed E-state index contributed by atoms with van der Waals surface area (Å²) in [6, 6.07) is 12.2. The quantitative estimate of drug-likeness (QED) is 0.749. The molecule has 3 aromatic rings. The van der Waals surface area contributed by atoms with Gasteiger partial charge in [0.15, 0.2) is 0 Å². The molecule has 0 aliphatic rings. The van der Waals surface area contributed by atoms with E-state index in [0.29, 0.717) is 6.54 Å². The molecule has 0 amide bonds. The molecule has 0 radical (unpaired) electrons. The van der Waals surface area contributed by atoms with Gasteiger partial charge in [0.05, 0.1) is 5.69 Å². The Labute approximate surface area is 104 Å². The molecule has 18 heavy (non-hydrogen) atoms. The number of aromatic nitrogens is 2. The van der Waals surface area contributed by atoms with Crippen LogP contribution in [0.1, 0.15) is 5.69 Å². The van der Waals surface area contributed by atoms with Gasteiger partial charge in [-0.1, -0.05) is 18.2 Å². The van der Waals surface area contributed by atoms with Gasteiger partial charge in [0.1, 0.15) is 11.5 Å². The summed E-state index contributed by atoms with van der Waals surface area (Å²) in [7, 11) is 0. The predicted molar refractivity (Wildman–Crippen MR) is 68.5 cm³/mol. The first-order chi connectivity index (χ1) is 8.78. The highest BCUT2D eigenvalue weighted by Gasteiger charge is 2.06. The first kappa shape index (κ1) is 10.9. The van der Waals surface area contributed by atoms with Crippen molar-refractivity contribution < 1.29 is 4.39 Å². The lowest BCUT2D eigenvalue weighted by Gasteiger charge is -2.00. The highest BCUT2D eigenvalue weighted by molar-refractivity contribution is 5.62. The third-order valence-corrected chi connectivity index (χ3v) is 2.91. The molecular formula is C14H12FN3. The van der Waals surface area contributed by atoms with Crippen molar-refractivity contribution in [1.29, 1.82) is 0 Å². The molecule has 0 aliphatic carbocycles. The number of nitrogens with two attached hydrogens (primary N) is 1. The summed E-state index contributed by atoms with van der Waals surface area (Å²) in [5.41, 5.74) is 8.98. The van der Waals surface area contributed by atoms with Crippen LogP contribution in [0.3, 0.4) is 0 Å². The molecule has 1 aromatic carbocycles. The topological polar surface area (TPSA) is 43.3 Å². The van der Waals surface area contributed by atoms with Crippen molar-refractivity contribution in [1.82, 2.24) is 9.38 Å². The van der Waals surface area contributed by atoms with Gasteiger partial charge in [0, 0.05) is 24.0 Å². The van der Waals surface area contributed by atoms with Crippen LogP contribution in [0.15, 0.2) is 48.7 Å². The minimum Gasteiger partial charge on any atom is -0.325 e. The molecule has 0 spiro atoms. The van der Waals surface area contributed by atoms with E-state index in [1.54, 1.807) is 6.07 Å². The molecule has 0 aliphatic heterocycles. The summed E-state index contributed by atoms with van der Waals surface area (Å²) < 4.78 is 15.1. The molecule has 3 nitrogen and oxygen atoms in total. The second-order valence-electron chi connectivity index (χ2n) is 4.09. The number of hydrogen-bond acceptors (Lipinski definition) is 2. The van der Waals surface area contributed by atoms with Crippen molar-refractivity contribution in [2.24, 2.45) is 5.73 Å². The molecule has 4 heteroatoms. The molecule has 0 saturated carbocycles. The highest BCUT2D eigenvalue weighted by atomic mass is 19.1. The lowest BCUT2D eigenvalue weighted by molar-refractivity contribution is 0.628. The summed E-state index contributed by atoms with van der Waals surface area (Å²) in [4.78, 5) is 4.47. The van der Waals surface area contributed by atoms with E-state index in [1.807, 2.05) is 34.9 Å². The lowest BCUT2D eigenvalue weighted by atomic mass is 10.2. The van der Waals surface area contributed by atoms with Gasteiger partial charge >= 0.3 is 0 Å². The van der Waals surface area contributed by atoms with Gasteiger partial charge in [0.25, 0.3) is 0 Å². The minimum absolute atomic E-state index is 0.261. The zero-order chi connectivity index (χ0) is 12.5. The zero-order valence-corrected chi connectivity index (χ0v) is 9.68. The Morgan fingerprint density at radius 1 is 1.17 bits per heavy atom. The van der Waals surface area contributed by atoms with Crippen LogP contribution in [-0.4, -0.2) is 9.38 Å². The van der Waals surface area contributed by atoms with Crippen molar-refractivity contribution in [2.75, 3.05) is 0 Å². The number of fused-ring (bicyclic) bond motifs is 1. The second-order valence-corrected chi connectivity index (χ2v) is 4.09. The second kappa shape index (κ2) is 4.23. The monoisotopic (exact) mass is 241 g/mol. The normalized spacial score (nSPS) is 11.0. The molecule has 3 rings (SSSR count). The van der Waals surface area contributed by atoms with E-state index in [-0.39, 0.29) is 5.82 Å². The number of pyridine rings is 1. The zero-order valence-electron chi connectivity index (χ0n) is 9.68. The van der Waals surface area contributed by atoms with Crippen LogP contribution in [0.25, 0.3) is 16.9 Å². The van der Waals surface area contributed by atoms with Crippen LogP contribution >= 0.6 is 0 Å². The Balaban J connectivity index is 2.19. The maximum absolute atomic E-state index is 13.2. The highest BCUT2D eigenvalue weighted by Crippen LogP contribution is 2.20. The average Bonchev–Trinajstić information content (AvgIpc) is 2.82. The largest absolute Gasteiger partial charge is 0.325 e. The van der Waals surface area contributed by atoms with E-state index in [2.05, 4.69) is 4.98 Å². The number of halogens is 1. The first-order valence-corrected chi connectivity index (χ1v) is 5.71. The molecule has 90 valence electrons. The summed E-state index contributed by atoms with van der Waals surface area (Å²) >= 11 is 0. The molecule has 0 unspecified atom stereocenters. The van der Waals surface area contributed by atoms with Crippen molar-refractivity contribution in [3.8, 4) is 11.3 Å². The van der Waals surface area contributed by atoms with Gasteiger partial charge in [-0.3, -0.25) is 0 Å². The third-order valence-electron chi connectivity index (χ3n) is 2.91. The Hall–Kier alpha value is -2.20. The first-order valence-electron chi connectivity index (χ1n) is 5.71. The number of benzene rings is 1. The molecule has 0 bridgehead atoms. The Bertz CT molecular complexity index is 703. The molecule has 0 fully saturated rings. The maximum atomic E-state index is 13.2. The van der Waals surface area contributed by atoms with Crippen LogP contribution in [0.2, 0.25) is 0 Å². The average molecular weight is 241 g/mol. The third kappa shape index (κ3) is 1.76. The number of rotatable bonds is 2. The van der Waals surface area contributed by atoms with Gasteiger partial charge in [-0.2, -0.15) is 0 Å². The molecule has 0 atom stereocenters.